The van der Waals surface area contributed by atoms with Crippen LogP contribution in [0.15, 0.2) is 35.2 Å². The normalized spacial score (nSPS) is 11.3. The number of sulfonamides is 1. The van der Waals surface area contributed by atoms with Crippen molar-refractivity contribution in [1.29, 1.82) is 0 Å². The molecule has 0 aliphatic carbocycles. The average molecular weight is 346 g/mol. The molecule has 122 valence electrons. The molecular weight excluding hydrogens is 337 g/mol. The first kappa shape index (κ1) is 16.7. The van der Waals surface area contributed by atoms with Crippen LogP contribution < -0.4 is 4.72 Å². The van der Waals surface area contributed by atoms with Gasteiger partial charge in [-0.05, 0) is 24.6 Å². The molecule has 0 aromatic heterocycles. The summed E-state index contributed by atoms with van der Waals surface area (Å²) in [6.07, 6.45) is 0. The van der Waals surface area contributed by atoms with Crippen LogP contribution in [0.25, 0.3) is 0 Å². The zero-order chi connectivity index (χ0) is 17.4. The highest BCUT2D eigenvalue weighted by atomic mass is 32.2. The van der Waals surface area contributed by atoms with E-state index >= 15 is 0 Å². The van der Waals surface area contributed by atoms with Crippen LogP contribution >= 0.6 is 0 Å². The van der Waals surface area contributed by atoms with Gasteiger partial charge in [-0.25, -0.2) is 21.6 Å². The minimum absolute atomic E-state index is 0.158. The van der Waals surface area contributed by atoms with E-state index in [0.29, 0.717) is 12.1 Å². The van der Waals surface area contributed by atoms with Crippen LogP contribution in [-0.4, -0.2) is 13.3 Å². The van der Waals surface area contributed by atoms with Crippen molar-refractivity contribution in [2.75, 3.05) is 4.72 Å². The number of nitrogens with one attached hydrogen (secondary N) is 1. The number of anilines is 1. The van der Waals surface area contributed by atoms with Gasteiger partial charge >= 0.3 is 0 Å². The lowest BCUT2D eigenvalue weighted by Crippen LogP contribution is -2.16. The van der Waals surface area contributed by atoms with Crippen LogP contribution in [0, 0.1) is 34.5 Å². The Hall–Kier alpha value is -2.62. The number of non-ortho nitro benzene ring substituents is 1. The second-order valence-electron chi connectivity index (χ2n) is 4.54. The van der Waals surface area contributed by atoms with Gasteiger partial charge in [-0.2, -0.15) is 0 Å². The molecule has 0 radical (unpaired) electrons. The third kappa shape index (κ3) is 3.26. The van der Waals surface area contributed by atoms with Crippen LogP contribution in [0.1, 0.15) is 5.56 Å². The lowest BCUT2D eigenvalue weighted by Gasteiger charge is -2.11. The summed E-state index contributed by atoms with van der Waals surface area (Å²) in [4.78, 5) is 9.45. The number of benzene rings is 2. The Labute approximate surface area is 128 Å². The van der Waals surface area contributed by atoms with Crippen LogP contribution in [0.2, 0.25) is 0 Å². The number of halogens is 3. The van der Waals surface area contributed by atoms with Gasteiger partial charge in [0.1, 0.15) is 0 Å². The van der Waals surface area contributed by atoms with Gasteiger partial charge in [-0.3, -0.25) is 14.8 Å². The number of nitro groups is 1. The largest absolute Gasteiger partial charge is 0.277 e. The summed E-state index contributed by atoms with van der Waals surface area (Å²) in [5, 5.41) is 10.7. The zero-order valence-electron chi connectivity index (χ0n) is 11.5. The van der Waals surface area contributed by atoms with Crippen molar-refractivity contribution in [1.82, 2.24) is 0 Å². The van der Waals surface area contributed by atoms with E-state index in [4.69, 9.17) is 0 Å². The summed E-state index contributed by atoms with van der Waals surface area (Å²) in [6.45, 7) is 1.37. The Bertz CT molecular complexity index is 900. The molecule has 2 aromatic rings. The summed E-state index contributed by atoms with van der Waals surface area (Å²) in [7, 11) is -4.44. The zero-order valence-corrected chi connectivity index (χ0v) is 12.3. The van der Waals surface area contributed by atoms with E-state index < -0.39 is 48.7 Å². The van der Waals surface area contributed by atoms with Gasteiger partial charge < -0.3 is 0 Å². The van der Waals surface area contributed by atoms with Crippen molar-refractivity contribution in [2.45, 2.75) is 11.8 Å². The Kier molecular flexibility index (Phi) is 4.28. The maximum absolute atomic E-state index is 13.6. The minimum atomic E-state index is -4.44. The highest BCUT2D eigenvalue weighted by Gasteiger charge is 2.23. The van der Waals surface area contributed by atoms with Gasteiger partial charge in [0.25, 0.3) is 15.7 Å². The third-order valence-corrected chi connectivity index (χ3v) is 4.46. The minimum Gasteiger partial charge on any atom is -0.277 e. The number of nitrogens with zero attached hydrogens (tertiary/aromatic N) is 1. The Morgan fingerprint density at radius 1 is 1.09 bits per heavy atom. The number of aryl methyl sites for hydroxylation is 1. The molecule has 0 aliphatic heterocycles. The van der Waals surface area contributed by atoms with Gasteiger partial charge in [0, 0.05) is 12.1 Å². The van der Waals surface area contributed by atoms with Gasteiger partial charge in [0.2, 0.25) is 0 Å². The van der Waals surface area contributed by atoms with Crippen molar-refractivity contribution < 1.29 is 26.5 Å². The molecule has 10 heteroatoms. The molecule has 0 saturated carbocycles. The van der Waals surface area contributed by atoms with Crippen molar-refractivity contribution in [2.24, 2.45) is 0 Å². The molecule has 0 saturated heterocycles. The SMILES string of the molecule is Cc1ccc([N+](=O)[O-])cc1S(=O)(=O)Nc1ccc(F)c(F)c1F. The first-order chi connectivity index (χ1) is 10.6. The second kappa shape index (κ2) is 5.88. The molecule has 0 spiro atoms. The average Bonchev–Trinajstić information content (AvgIpc) is 2.48. The highest BCUT2D eigenvalue weighted by Crippen LogP contribution is 2.26. The van der Waals surface area contributed by atoms with Gasteiger partial charge in [-0.15, -0.1) is 0 Å². The first-order valence-corrected chi connectivity index (χ1v) is 7.53. The number of nitro benzene ring substituents is 1. The molecule has 1 N–H and O–H groups in total. The molecule has 23 heavy (non-hydrogen) atoms. The molecule has 0 atom stereocenters. The molecule has 0 amide bonds. The lowest BCUT2D eigenvalue weighted by molar-refractivity contribution is -0.385. The molecule has 0 heterocycles. The van der Waals surface area contributed by atoms with Crippen LogP contribution in [0.3, 0.4) is 0 Å². The number of hydrogen-bond acceptors (Lipinski definition) is 4. The lowest BCUT2D eigenvalue weighted by atomic mass is 10.2. The highest BCUT2D eigenvalue weighted by molar-refractivity contribution is 7.92. The van der Waals surface area contributed by atoms with Crippen LogP contribution in [-0.2, 0) is 10.0 Å². The van der Waals surface area contributed by atoms with E-state index in [2.05, 4.69) is 0 Å². The fourth-order valence-corrected chi connectivity index (χ4v) is 3.12. The fourth-order valence-electron chi connectivity index (χ4n) is 1.80. The quantitative estimate of drug-likeness (QED) is 0.523. The van der Waals surface area contributed by atoms with Crippen molar-refractivity contribution >= 4 is 21.4 Å². The predicted octanol–water partition coefficient (Wildman–Crippen LogP) is 3.12. The van der Waals surface area contributed by atoms with E-state index in [9.17, 15) is 31.7 Å². The summed E-state index contributed by atoms with van der Waals surface area (Å²) in [6, 6.07) is 4.35. The predicted molar refractivity (Wildman–Crippen MR) is 75.0 cm³/mol. The molecule has 2 aromatic carbocycles. The monoisotopic (exact) mass is 346 g/mol. The summed E-state index contributed by atoms with van der Waals surface area (Å²) < 4.78 is 65.8. The fraction of sp³-hybridized carbons (Fsp3) is 0.0769. The molecule has 6 nitrogen and oxygen atoms in total. The Morgan fingerprint density at radius 3 is 2.35 bits per heavy atom. The molecule has 0 bridgehead atoms. The molecular formula is C13H9F3N2O4S. The topological polar surface area (TPSA) is 89.3 Å². The van der Waals surface area contributed by atoms with E-state index in [-0.39, 0.29) is 5.56 Å². The van der Waals surface area contributed by atoms with E-state index in [1.54, 1.807) is 4.72 Å². The first-order valence-electron chi connectivity index (χ1n) is 6.05. The maximum Gasteiger partial charge on any atom is 0.270 e. The van der Waals surface area contributed by atoms with E-state index in [1.165, 1.54) is 13.0 Å². The Morgan fingerprint density at radius 2 is 1.74 bits per heavy atom. The number of rotatable bonds is 4. The van der Waals surface area contributed by atoms with Crippen molar-refractivity contribution in [3.63, 3.8) is 0 Å². The molecule has 0 unspecified atom stereocenters. The van der Waals surface area contributed by atoms with Crippen molar-refractivity contribution in [3.8, 4) is 0 Å². The van der Waals surface area contributed by atoms with Gasteiger partial charge in [0.15, 0.2) is 17.5 Å². The Balaban J connectivity index is 2.50. The molecule has 0 fully saturated rings. The van der Waals surface area contributed by atoms with Crippen LogP contribution in [0.5, 0.6) is 0 Å². The smallest absolute Gasteiger partial charge is 0.270 e. The standard InChI is InChI=1S/C13H9F3N2O4S/c1-7-2-3-8(18(19)20)6-11(7)23(21,22)17-10-5-4-9(14)12(15)13(10)16/h2-6,17H,1H3. The third-order valence-electron chi connectivity index (χ3n) is 2.95. The number of hydrogen-bond donors (Lipinski definition) is 1. The van der Waals surface area contributed by atoms with Gasteiger partial charge in [0.05, 0.1) is 15.5 Å². The maximum atomic E-state index is 13.6. The van der Waals surface area contributed by atoms with Gasteiger partial charge in [-0.1, -0.05) is 6.07 Å². The molecule has 0 aliphatic rings. The summed E-state index contributed by atoms with van der Waals surface area (Å²) in [5.41, 5.74) is -1.14. The summed E-state index contributed by atoms with van der Waals surface area (Å²) >= 11 is 0. The van der Waals surface area contributed by atoms with E-state index in [1.807, 2.05) is 0 Å². The molecule has 2 rings (SSSR count). The second-order valence-corrected chi connectivity index (χ2v) is 6.19. The van der Waals surface area contributed by atoms with Crippen LogP contribution in [0.4, 0.5) is 24.5 Å². The van der Waals surface area contributed by atoms with Crippen molar-refractivity contribution in [3.05, 3.63) is 63.5 Å². The summed E-state index contributed by atoms with van der Waals surface area (Å²) in [5.74, 6) is -5.02. The van der Waals surface area contributed by atoms with E-state index in [0.717, 1.165) is 12.1 Å².